The second-order valence-corrected chi connectivity index (χ2v) is 17.5. The molecule has 0 aromatic carbocycles. The van der Waals surface area contributed by atoms with Gasteiger partial charge in [-0.25, -0.2) is 0 Å². The standard InChI is InChI=1S/C34H60O.C10H21NO2/c1-6-7-8-9-10-13-24-35-29-20-22-34(5)28(25-29)16-18-30-31-19-17-27(15-12-11-14-26(2)3)33(31,4)23-21-32(30)34;1-4-5-6-7-13-9-10(8-12)11(2)3/h16,26-27,29-32H,6-15,17-25H2,1-5H3;5-6,10,12H,4,7-9H2,1-3H3/b;6-5-. The molecule has 1 N–H and O–H groups in total. The molecule has 0 aromatic rings. The summed E-state index contributed by atoms with van der Waals surface area (Å²) < 4.78 is 11.8. The van der Waals surface area contributed by atoms with Crippen LogP contribution in [-0.4, -0.2) is 62.7 Å². The normalized spacial score (nSPS) is 32.1. The molecule has 4 aliphatic carbocycles. The molecule has 4 heteroatoms. The van der Waals surface area contributed by atoms with E-state index in [-0.39, 0.29) is 12.6 Å². The van der Waals surface area contributed by atoms with Crippen molar-refractivity contribution in [3.05, 3.63) is 23.8 Å². The van der Waals surface area contributed by atoms with Gasteiger partial charge in [-0.05, 0) is 125 Å². The maximum Gasteiger partial charge on any atom is 0.0648 e. The molecule has 0 heterocycles. The van der Waals surface area contributed by atoms with Gasteiger partial charge in [-0.1, -0.05) is 117 Å². The van der Waals surface area contributed by atoms with Gasteiger partial charge in [-0.2, -0.15) is 0 Å². The molecule has 4 aliphatic rings. The first-order chi connectivity index (χ1) is 23.1. The van der Waals surface area contributed by atoms with E-state index < -0.39 is 0 Å². The van der Waals surface area contributed by atoms with Crippen molar-refractivity contribution in [1.29, 1.82) is 0 Å². The molecule has 3 fully saturated rings. The Labute approximate surface area is 299 Å². The number of aliphatic hydroxyl groups excluding tert-OH is 1. The number of allylic oxidation sites excluding steroid dienone is 2. The van der Waals surface area contributed by atoms with Crippen molar-refractivity contribution in [2.75, 3.05) is 40.5 Å². The highest BCUT2D eigenvalue weighted by atomic mass is 16.5. The summed E-state index contributed by atoms with van der Waals surface area (Å²) in [6.45, 7) is 16.9. The molecule has 280 valence electrons. The van der Waals surface area contributed by atoms with Gasteiger partial charge in [0.25, 0.3) is 0 Å². The van der Waals surface area contributed by atoms with Crippen LogP contribution in [0.4, 0.5) is 0 Å². The third-order valence-corrected chi connectivity index (χ3v) is 13.6. The lowest BCUT2D eigenvalue weighted by Gasteiger charge is -2.58. The summed E-state index contributed by atoms with van der Waals surface area (Å²) in [5.41, 5.74) is 2.90. The summed E-state index contributed by atoms with van der Waals surface area (Å²) in [5.74, 6) is 4.78. The maximum absolute atomic E-state index is 8.96. The topological polar surface area (TPSA) is 41.9 Å². The molecular formula is C44H81NO3. The smallest absolute Gasteiger partial charge is 0.0648 e. The second kappa shape index (κ2) is 21.6. The number of hydrogen-bond donors (Lipinski definition) is 1. The van der Waals surface area contributed by atoms with Gasteiger partial charge < -0.3 is 19.5 Å². The van der Waals surface area contributed by atoms with Gasteiger partial charge in [0.1, 0.15) is 0 Å². The monoisotopic (exact) mass is 672 g/mol. The molecule has 0 amide bonds. The number of nitrogens with zero attached hydrogens (tertiary/aromatic N) is 1. The predicted octanol–water partition coefficient (Wildman–Crippen LogP) is 11.4. The van der Waals surface area contributed by atoms with Crippen molar-refractivity contribution in [2.45, 2.75) is 176 Å². The zero-order chi connectivity index (χ0) is 35.0. The van der Waals surface area contributed by atoms with Crippen molar-refractivity contribution >= 4 is 0 Å². The van der Waals surface area contributed by atoms with Gasteiger partial charge in [0, 0.05) is 6.61 Å². The van der Waals surface area contributed by atoms with Crippen LogP contribution in [-0.2, 0) is 9.47 Å². The Hall–Kier alpha value is -0.680. The van der Waals surface area contributed by atoms with Crippen LogP contribution in [0.25, 0.3) is 0 Å². The van der Waals surface area contributed by atoms with Crippen LogP contribution >= 0.6 is 0 Å². The van der Waals surface area contributed by atoms with E-state index >= 15 is 0 Å². The predicted molar refractivity (Wildman–Crippen MR) is 206 cm³/mol. The molecule has 0 saturated heterocycles. The van der Waals surface area contributed by atoms with E-state index in [1.165, 1.54) is 116 Å². The van der Waals surface area contributed by atoms with Gasteiger partial charge in [0.05, 0.1) is 32.0 Å². The number of unbranched alkanes of at least 4 members (excludes halogenated alkanes) is 6. The molecule has 4 nitrogen and oxygen atoms in total. The molecule has 8 unspecified atom stereocenters. The first-order valence-corrected chi connectivity index (χ1v) is 20.9. The third kappa shape index (κ3) is 11.9. The van der Waals surface area contributed by atoms with E-state index in [4.69, 9.17) is 14.6 Å². The summed E-state index contributed by atoms with van der Waals surface area (Å²) >= 11 is 0. The largest absolute Gasteiger partial charge is 0.395 e. The van der Waals surface area contributed by atoms with Crippen molar-refractivity contribution in [1.82, 2.24) is 4.90 Å². The minimum Gasteiger partial charge on any atom is -0.395 e. The summed E-state index contributed by atoms with van der Waals surface area (Å²) in [4.78, 5) is 1.96. The minimum absolute atomic E-state index is 0.107. The van der Waals surface area contributed by atoms with Crippen molar-refractivity contribution in [3.63, 3.8) is 0 Å². The lowest BCUT2D eigenvalue weighted by molar-refractivity contribution is -0.0589. The van der Waals surface area contributed by atoms with Crippen LogP contribution in [0.1, 0.15) is 164 Å². The molecule has 0 aliphatic heterocycles. The molecule has 3 saturated carbocycles. The quantitative estimate of drug-likeness (QED) is 0.103. The van der Waals surface area contributed by atoms with Gasteiger partial charge >= 0.3 is 0 Å². The minimum atomic E-state index is 0.107. The average Bonchev–Trinajstić information content (AvgIpc) is 3.40. The van der Waals surface area contributed by atoms with Crippen LogP contribution in [0.3, 0.4) is 0 Å². The lowest BCUT2D eigenvalue weighted by Crippen LogP contribution is -2.50. The van der Waals surface area contributed by atoms with E-state index in [9.17, 15) is 0 Å². The van der Waals surface area contributed by atoms with Gasteiger partial charge in [0.15, 0.2) is 0 Å². The fourth-order valence-corrected chi connectivity index (χ4v) is 10.3. The van der Waals surface area contributed by atoms with Crippen molar-refractivity contribution < 1.29 is 14.6 Å². The van der Waals surface area contributed by atoms with Crippen molar-refractivity contribution in [3.8, 4) is 0 Å². The van der Waals surface area contributed by atoms with E-state index in [1.54, 1.807) is 5.57 Å². The van der Waals surface area contributed by atoms with E-state index in [2.05, 4.69) is 53.7 Å². The summed E-state index contributed by atoms with van der Waals surface area (Å²) in [5, 5.41) is 8.96. The Balaban J connectivity index is 0.000000408. The highest BCUT2D eigenvalue weighted by Gasteiger charge is 2.58. The highest BCUT2D eigenvalue weighted by Crippen LogP contribution is 2.66. The Kier molecular flexibility index (Phi) is 18.8. The van der Waals surface area contributed by atoms with Crippen LogP contribution in [0, 0.1) is 40.4 Å². The molecule has 0 spiro atoms. The number of aliphatic hydroxyl groups is 1. The number of hydrogen-bond acceptors (Lipinski definition) is 4. The molecule has 8 atom stereocenters. The van der Waals surface area contributed by atoms with Crippen LogP contribution in [0.15, 0.2) is 23.8 Å². The summed E-state index contributed by atoms with van der Waals surface area (Å²) in [6, 6.07) is 0.107. The Morgan fingerprint density at radius 2 is 1.69 bits per heavy atom. The Bertz CT molecular complexity index is 928. The molecule has 48 heavy (non-hydrogen) atoms. The van der Waals surface area contributed by atoms with Gasteiger partial charge in [-0.15, -0.1) is 0 Å². The zero-order valence-corrected chi connectivity index (χ0v) is 33.2. The van der Waals surface area contributed by atoms with E-state index in [1.807, 2.05) is 25.1 Å². The molecular weight excluding hydrogens is 590 g/mol. The Morgan fingerprint density at radius 3 is 2.40 bits per heavy atom. The van der Waals surface area contributed by atoms with Gasteiger partial charge in [-0.3, -0.25) is 0 Å². The molecule has 0 bridgehead atoms. The Morgan fingerprint density at radius 1 is 0.917 bits per heavy atom. The first-order valence-electron chi connectivity index (χ1n) is 20.9. The number of ether oxygens (including phenoxy) is 2. The molecule has 0 radical (unpaired) electrons. The van der Waals surface area contributed by atoms with E-state index in [0.29, 0.717) is 30.1 Å². The number of fused-ring (bicyclic) bond motifs is 5. The fraction of sp³-hybridized carbons (Fsp3) is 0.909. The number of rotatable bonds is 20. The van der Waals surface area contributed by atoms with E-state index in [0.717, 1.165) is 42.6 Å². The maximum atomic E-state index is 8.96. The highest BCUT2D eigenvalue weighted by molar-refractivity contribution is 5.25. The SMILES string of the molecule is CC/C=C\COCC(CO)N(C)C.CCCCCCCCOC1CCC2(C)C(=CCC3C2CCC2(C)C(CCCCC(C)C)CCC32)C1. The lowest BCUT2D eigenvalue weighted by atomic mass is 9.47. The second-order valence-electron chi connectivity index (χ2n) is 17.5. The van der Waals surface area contributed by atoms with Gasteiger partial charge in [0.2, 0.25) is 0 Å². The molecule has 4 rings (SSSR count). The third-order valence-electron chi connectivity index (χ3n) is 13.6. The average molecular weight is 672 g/mol. The molecule has 0 aromatic heterocycles. The summed E-state index contributed by atoms with van der Waals surface area (Å²) in [6.07, 6.45) is 33.7. The number of likely N-dealkylation sites (N-methyl/N-ethyl adjacent to an activating group) is 1. The first kappa shape index (κ1) is 41.7. The van der Waals surface area contributed by atoms with Crippen LogP contribution in [0.5, 0.6) is 0 Å². The summed E-state index contributed by atoms with van der Waals surface area (Å²) in [7, 11) is 3.87. The zero-order valence-electron chi connectivity index (χ0n) is 33.2. The van der Waals surface area contributed by atoms with Crippen LogP contribution in [0.2, 0.25) is 0 Å². The van der Waals surface area contributed by atoms with Crippen LogP contribution < -0.4 is 0 Å². The van der Waals surface area contributed by atoms with Crippen molar-refractivity contribution in [2.24, 2.45) is 40.4 Å². The fourth-order valence-electron chi connectivity index (χ4n) is 10.3.